The van der Waals surface area contributed by atoms with Gasteiger partial charge in [0, 0.05) is 24.5 Å². The van der Waals surface area contributed by atoms with Crippen LogP contribution in [0.1, 0.15) is 0 Å². The highest BCUT2D eigenvalue weighted by atomic mass is 19.2. The lowest BCUT2D eigenvalue weighted by molar-refractivity contribution is 0.258. The van der Waals surface area contributed by atoms with Crippen molar-refractivity contribution in [3.05, 3.63) is 60.2 Å². The van der Waals surface area contributed by atoms with Crippen molar-refractivity contribution < 1.29 is 13.6 Å². The molecule has 0 saturated heterocycles. The fourth-order valence-electron chi connectivity index (χ4n) is 1.55. The number of hydrogen-bond donors (Lipinski definition) is 1. The van der Waals surface area contributed by atoms with Crippen molar-refractivity contribution in [1.29, 1.82) is 0 Å². The minimum atomic E-state index is -1.000. The van der Waals surface area contributed by atoms with E-state index in [1.165, 1.54) is 11.0 Å². The number of nitrogens with zero attached hydrogens (tertiary/aromatic N) is 1. The first-order chi connectivity index (χ1) is 9.08. The fourth-order valence-corrected chi connectivity index (χ4v) is 1.55. The zero-order chi connectivity index (χ0) is 13.8. The molecule has 2 aromatic carbocycles. The summed E-state index contributed by atoms with van der Waals surface area (Å²) in [5.41, 5.74) is 0.897. The van der Waals surface area contributed by atoms with Crippen LogP contribution in [0.3, 0.4) is 0 Å². The zero-order valence-corrected chi connectivity index (χ0v) is 10.2. The van der Waals surface area contributed by atoms with Gasteiger partial charge < -0.3 is 5.32 Å². The van der Waals surface area contributed by atoms with Gasteiger partial charge in [-0.2, -0.15) is 0 Å². The van der Waals surface area contributed by atoms with Crippen molar-refractivity contribution in [2.45, 2.75) is 0 Å². The largest absolute Gasteiger partial charge is 0.326 e. The van der Waals surface area contributed by atoms with Crippen LogP contribution in [0, 0.1) is 11.6 Å². The van der Waals surface area contributed by atoms with Crippen LogP contribution in [0.25, 0.3) is 0 Å². The van der Waals surface area contributed by atoms with Gasteiger partial charge in [-0.3, -0.25) is 4.90 Å². The van der Waals surface area contributed by atoms with E-state index in [9.17, 15) is 13.6 Å². The third-order valence-electron chi connectivity index (χ3n) is 2.62. The number of carbonyl (C=O) groups is 1. The minimum absolute atomic E-state index is 0.201. The Labute approximate surface area is 109 Å². The number of urea groups is 1. The highest BCUT2D eigenvalue weighted by molar-refractivity contribution is 6.01. The molecule has 0 aliphatic heterocycles. The average molecular weight is 262 g/mol. The van der Waals surface area contributed by atoms with E-state index in [2.05, 4.69) is 5.32 Å². The monoisotopic (exact) mass is 262 g/mol. The second-order valence-electron chi connectivity index (χ2n) is 3.95. The molecule has 0 radical (unpaired) electrons. The normalized spacial score (nSPS) is 10.1. The van der Waals surface area contributed by atoms with Gasteiger partial charge >= 0.3 is 6.03 Å². The standard InChI is InChI=1S/C14H12F2N2O/c1-18(11-5-3-2-4-6-11)14(19)17-10-7-8-12(15)13(16)9-10/h2-9H,1H3,(H,17,19). The molecule has 0 unspecified atom stereocenters. The van der Waals surface area contributed by atoms with Crippen LogP contribution in [0.2, 0.25) is 0 Å². The maximum atomic E-state index is 13.0. The zero-order valence-electron chi connectivity index (χ0n) is 10.2. The molecule has 19 heavy (non-hydrogen) atoms. The number of hydrogen-bond acceptors (Lipinski definition) is 1. The Morgan fingerprint density at radius 2 is 1.74 bits per heavy atom. The maximum Gasteiger partial charge on any atom is 0.326 e. The molecule has 5 heteroatoms. The first-order valence-corrected chi connectivity index (χ1v) is 5.63. The summed E-state index contributed by atoms with van der Waals surface area (Å²) in [6.07, 6.45) is 0. The number of nitrogens with one attached hydrogen (secondary N) is 1. The molecule has 0 heterocycles. The predicted molar refractivity (Wildman–Crippen MR) is 70.2 cm³/mol. The van der Waals surface area contributed by atoms with E-state index in [1.54, 1.807) is 31.3 Å². The van der Waals surface area contributed by atoms with Crippen LogP contribution in [0.5, 0.6) is 0 Å². The van der Waals surface area contributed by atoms with Gasteiger partial charge in [0.15, 0.2) is 11.6 Å². The minimum Gasteiger partial charge on any atom is -0.307 e. The average Bonchev–Trinajstić information content (AvgIpc) is 2.43. The lowest BCUT2D eigenvalue weighted by Crippen LogP contribution is -2.31. The Kier molecular flexibility index (Phi) is 3.75. The molecule has 98 valence electrons. The molecule has 0 spiro atoms. The first kappa shape index (κ1) is 13.0. The van der Waals surface area contributed by atoms with Gasteiger partial charge in [0.25, 0.3) is 0 Å². The van der Waals surface area contributed by atoms with Crippen molar-refractivity contribution in [1.82, 2.24) is 0 Å². The van der Waals surface area contributed by atoms with Crippen LogP contribution in [0.15, 0.2) is 48.5 Å². The molecular formula is C14H12F2N2O. The molecule has 0 aliphatic carbocycles. The Hall–Kier alpha value is -2.43. The molecule has 0 aromatic heterocycles. The summed E-state index contributed by atoms with van der Waals surface area (Å²) in [5, 5.41) is 2.49. The second-order valence-corrected chi connectivity index (χ2v) is 3.95. The Morgan fingerprint density at radius 3 is 2.37 bits per heavy atom. The lowest BCUT2D eigenvalue weighted by Gasteiger charge is -2.18. The van der Waals surface area contributed by atoms with Crippen molar-refractivity contribution in [2.75, 3.05) is 17.3 Å². The fraction of sp³-hybridized carbons (Fsp3) is 0.0714. The molecule has 0 fully saturated rings. The summed E-state index contributed by atoms with van der Waals surface area (Å²) in [6.45, 7) is 0. The smallest absolute Gasteiger partial charge is 0.307 e. The van der Waals surface area contributed by atoms with Crippen molar-refractivity contribution in [3.63, 3.8) is 0 Å². The quantitative estimate of drug-likeness (QED) is 0.880. The van der Waals surface area contributed by atoms with E-state index < -0.39 is 17.7 Å². The highest BCUT2D eigenvalue weighted by Gasteiger charge is 2.11. The van der Waals surface area contributed by atoms with E-state index in [-0.39, 0.29) is 5.69 Å². The van der Waals surface area contributed by atoms with E-state index in [0.717, 1.165) is 12.1 Å². The number of para-hydroxylation sites is 1. The number of carbonyl (C=O) groups excluding carboxylic acids is 1. The Morgan fingerprint density at radius 1 is 1.05 bits per heavy atom. The highest BCUT2D eigenvalue weighted by Crippen LogP contribution is 2.16. The van der Waals surface area contributed by atoms with Crippen LogP contribution >= 0.6 is 0 Å². The molecule has 1 N–H and O–H groups in total. The molecule has 2 aromatic rings. The third-order valence-corrected chi connectivity index (χ3v) is 2.62. The van der Waals surface area contributed by atoms with E-state index in [0.29, 0.717) is 5.69 Å². The first-order valence-electron chi connectivity index (χ1n) is 5.63. The summed E-state index contributed by atoms with van der Waals surface area (Å²) >= 11 is 0. The third kappa shape index (κ3) is 3.07. The number of rotatable bonds is 2. The van der Waals surface area contributed by atoms with Crippen LogP contribution in [0.4, 0.5) is 25.0 Å². The predicted octanol–water partition coefficient (Wildman–Crippen LogP) is 3.63. The second kappa shape index (κ2) is 5.48. The van der Waals surface area contributed by atoms with Crippen molar-refractivity contribution >= 4 is 17.4 Å². The van der Waals surface area contributed by atoms with Crippen LogP contribution in [-0.2, 0) is 0 Å². The Bertz CT molecular complexity index is 587. The van der Waals surface area contributed by atoms with Gasteiger partial charge in [0.05, 0.1) is 0 Å². The van der Waals surface area contributed by atoms with Gasteiger partial charge in [-0.15, -0.1) is 0 Å². The topological polar surface area (TPSA) is 32.3 Å². The summed E-state index contributed by atoms with van der Waals surface area (Å²) in [5.74, 6) is -1.95. The summed E-state index contributed by atoms with van der Waals surface area (Å²) in [6, 6.07) is 11.7. The van der Waals surface area contributed by atoms with Crippen LogP contribution in [-0.4, -0.2) is 13.1 Å². The molecular weight excluding hydrogens is 250 g/mol. The maximum absolute atomic E-state index is 13.0. The SMILES string of the molecule is CN(C(=O)Nc1ccc(F)c(F)c1)c1ccccc1. The molecule has 0 atom stereocenters. The van der Waals surface area contributed by atoms with Gasteiger partial charge in [-0.1, -0.05) is 18.2 Å². The Balaban J connectivity index is 2.10. The van der Waals surface area contributed by atoms with Gasteiger partial charge in [0.1, 0.15) is 0 Å². The van der Waals surface area contributed by atoms with Gasteiger partial charge in [-0.25, -0.2) is 13.6 Å². The number of halogens is 2. The van der Waals surface area contributed by atoms with Gasteiger partial charge in [0.2, 0.25) is 0 Å². The molecule has 2 rings (SSSR count). The van der Waals surface area contributed by atoms with Crippen LogP contribution < -0.4 is 10.2 Å². The number of anilines is 2. The van der Waals surface area contributed by atoms with E-state index in [4.69, 9.17) is 0 Å². The summed E-state index contributed by atoms with van der Waals surface area (Å²) in [7, 11) is 1.59. The van der Waals surface area contributed by atoms with Crippen molar-refractivity contribution in [2.24, 2.45) is 0 Å². The van der Waals surface area contributed by atoms with E-state index >= 15 is 0 Å². The van der Waals surface area contributed by atoms with Gasteiger partial charge in [-0.05, 0) is 24.3 Å². The van der Waals surface area contributed by atoms with E-state index in [1.807, 2.05) is 6.07 Å². The molecule has 2 amide bonds. The lowest BCUT2D eigenvalue weighted by atomic mass is 10.3. The molecule has 3 nitrogen and oxygen atoms in total. The number of amides is 2. The molecule has 0 saturated carbocycles. The summed E-state index contributed by atoms with van der Waals surface area (Å²) in [4.78, 5) is 13.3. The molecule has 0 bridgehead atoms. The number of benzene rings is 2. The summed E-state index contributed by atoms with van der Waals surface area (Å²) < 4.78 is 25.8. The van der Waals surface area contributed by atoms with Crippen molar-refractivity contribution in [3.8, 4) is 0 Å². The molecule has 0 aliphatic rings.